The molecule has 0 bridgehead atoms. The van der Waals surface area contributed by atoms with Gasteiger partial charge in [-0.25, -0.2) is 0 Å². The van der Waals surface area contributed by atoms with E-state index in [1.165, 1.54) is 6.42 Å². The molecule has 0 saturated carbocycles. The quantitative estimate of drug-likeness (QED) is 0.517. The van der Waals surface area contributed by atoms with Crippen molar-refractivity contribution in [3.8, 4) is 0 Å². The molecular formula is C7H15NO. The second-order valence-electron chi connectivity index (χ2n) is 2.90. The minimum atomic E-state index is 0.431. The van der Waals surface area contributed by atoms with Crippen LogP contribution in [0.3, 0.4) is 0 Å². The SMILES string of the molecule is CC1OCCC1N(C)C. The summed E-state index contributed by atoms with van der Waals surface area (Å²) in [6.45, 7) is 3.07. The molecule has 1 rings (SSSR count). The fraction of sp³-hybridized carbons (Fsp3) is 1.00. The van der Waals surface area contributed by atoms with Gasteiger partial charge < -0.3 is 9.64 Å². The first-order valence-electron chi connectivity index (χ1n) is 3.50. The van der Waals surface area contributed by atoms with Crippen LogP contribution in [0.4, 0.5) is 0 Å². The third kappa shape index (κ3) is 1.43. The summed E-state index contributed by atoms with van der Waals surface area (Å²) in [4.78, 5) is 2.23. The molecule has 0 aromatic carbocycles. The van der Waals surface area contributed by atoms with Crippen LogP contribution in [-0.4, -0.2) is 37.7 Å². The van der Waals surface area contributed by atoms with Crippen molar-refractivity contribution in [1.29, 1.82) is 0 Å². The summed E-state index contributed by atoms with van der Waals surface area (Å²) in [5, 5.41) is 0. The number of hydrogen-bond donors (Lipinski definition) is 0. The zero-order valence-electron chi connectivity index (χ0n) is 6.42. The summed E-state index contributed by atoms with van der Waals surface area (Å²) in [5.41, 5.74) is 0. The molecule has 0 amide bonds. The normalized spacial score (nSPS) is 36.0. The number of hydrogen-bond acceptors (Lipinski definition) is 2. The Kier molecular flexibility index (Phi) is 2.09. The van der Waals surface area contributed by atoms with Crippen molar-refractivity contribution in [3.63, 3.8) is 0 Å². The van der Waals surface area contributed by atoms with Crippen LogP contribution in [0.5, 0.6) is 0 Å². The summed E-state index contributed by atoms with van der Waals surface area (Å²) in [5.74, 6) is 0. The number of nitrogens with zero attached hydrogens (tertiary/aromatic N) is 1. The Morgan fingerprint density at radius 3 is 2.33 bits per heavy atom. The van der Waals surface area contributed by atoms with Crippen molar-refractivity contribution >= 4 is 0 Å². The van der Waals surface area contributed by atoms with Crippen molar-refractivity contribution < 1.29 is 4.74 Å². The molecule has 9 heavy (non-hydrogen) atoms. The van der Waals surface area contributed by atoms with Gasteiger partial charge in [-0.05, 0) is 27.4 Å². The van der Waals surface area contributed by atoms with Crippen molar-refractivity contribution in [3.05, 3.63) is 0 Å². The predicted octanol–water partition coefficient (Wildman–Crippen LogP) is 0.725. The summed E-state index contributed by atoms with van der Waals surface area (Å²) in [7, 11) is 4.21. The molecule has 1 aliphatic heterocycles. The van der Waals surface area contributed by atoms with Crippen LogP contribution in [0.1, 0.15) is 13.3 Å². The first-order valence-corrected chi connectivity index (χ1v) is 3.50. The summed E-state index contributed by atoms with van der Waals surface area (Å²) < 4.78 is 5.39. The second-order valence-corrected chi connectivity index (χ2v) is 2.90. The standard InChI is InChI=1S/C7H15NO/c1-6-7(8(2)3)4-5-9-6/h6-7H,4-5H2,1-3H3. The molecule has 0 aliphatic carbocycles. The van der Waals surface area contributed by atoms with Gasteiger partial charge in [0.2, 0.25) is 0 Å². The van der Waals surface area contributed by atoms with Crippen molar-refractivity contribution in [2.24, 2.45) is 0 Å². The highest BCUT2D eigenvalue weighted by molar-refractivity contribution is 4.78. The monoisotopic (exact) mass is 129 g/mol. The lowest BCUT2D eigenvalue weighted by Crippen LogP contribution is -2.33. The highest BCUT2D eigenvalue weighted by atomic mass is 16.5. The van der Waals surface area contributed by atoms with Crippen LogP contribution >= 0.6 is 0 Å². The van der Waals surface area contributed by atoms with Gasteiger partial charge in [-0.2, -0.15) is 0 Å². The van der Waals surface area contributed by atoms with Gasteiger partial charge >= 0.3 is 0 Å². The van der Waals surface area contributed by atoms with Crippen molar-refractivity contribution in [1.82, 2.24) is 4.90 Å². The van der Waals surface area contributed by atoms with Crippen LogP contribution in [0.25, 0.3) is 0 Å². The van der Waals surface area contributed by atoms with Gasteiger partial charge in [0.05, 0.1) is 6.10 Å². The molecule has 1 fully saturated rings. The zero-order chi connectivity index (χ0) is 6.85. The van der Waals surface area contributed by atoms with E-state index in [9.17, 15) is 0 Å². The van der Waals surface area contributed by atoms with Crippen LogP contribution in [0.2, 0.25) is 0 Å². The lowest BCUT2D eigenvalue weighted by atomic mass is 10.1. The minimum absolute atomic E-state index is 0.431. The van der Waals surface area contributed by atoms with Gasteiger partial charge in [-0.15, -0.1) is 0 Å². The van der Waals surface area contributed by atoms with Crippen LogP contribution in [0, 0.1) is 0 Å². The molecule has 1 aliphatic rings. The molecule has 0 spiro atoms. The first-order chi connectivity index (χ1) is 4.22. The van der Waals surface area contributed by atoms with Crippen molar-refractivity contribution in [2.75, 3.05) is 20.7 Å². The average Bonchev–Trinajstić information content (AvgIpc) is 2.13. The Morgan fingerprint density at radius 1 is 1.44 bits per heavy atom. The lowest BCUT2D eigenvalue weighted by Gasteiger charge is -2.21. The molecule has 54 valence electrons. The average molecular weight is 129 g/mol. The van der Waals surface area contributed by atoms with E-state index in [0.29, 0.717) is 12.1 Å². The van der Waals surface area contributed by atoms with Gasteiger partial charge in [0.25, 0.3) is 0 Å². The van der Waals surface area contributed by atoms with E-state index in [1.807, 2.05) is 0 Å². The zero-order valence-corrected chi connectivity index (χ0v) is 6.42. The molecule has 0 aromatic heterocycles. The Morgan fingerprint density at radius 2 is 2.11 bits per heavy atom. The highest BCUT2D eigenvalue weighted by Gasteiger charge is 2.25. The molecule has 2 atom stereocenters. The minimum Gasteiger partial charge on any atom is -0.377 e. The van der Waals surface area contributed by atoms with E-state index in [2.05, 4.69) is 25.9 Å². The predicted molar refractivity (Wildman–Crippen MR) is 37.5 cm³/mol. The lowest BCUT2D eigenvalue weighted by molar-refractivity contribution is 0.0913. The second kappa shape index (κ2) is 2.67. The summed E-state index contributed by atoms with van der Waals surface area (Å²) >= 11 is 0. The van der Waals surface area contributed by atoms with Gasteiger partial charge in [0, 0.05) is 12.6 Å². The van der Waals surface area contributed by atoms with E-state index in [1.54, 1.807) is 0 Å². The number of rotatable bonds is 1. The van der Waals surface area contributed by atoms with E-state index in [4.69, 9.17) is 4.74 Å². The van der Waals surface area contributed by atoms with Crippen LogP contribution in [-0.2, 0) is 4.74 Å². The van der Waals surface area contributed by atoms with E-state index in [-0.39, 0.29) is 0 Å². The van der Waals surface area contributed by atoms with Crippen LogP contribution in [0.15, 0.2) is 0 Å². The first kappa shape index (κ1) is 7.03. The molecule has 1 saturated heterocycles. The maximum atomic E-state index is 5.39. The van der Waals surface area contributed by atoms with Gasteiger partial charge in [0.15, 0.2) is 0 Å². The fourth-order valence-corrected chi connectivity index (χ4v) is 1.40. The van der Waals surface area contributed by atoms with Crippen molar-refractivity contribution in [2.45, 2.75) is 25.5 Å². The smallest absolute Gasteiger partial charge is 0.0702 e. The molecule has 1 heterocycles. The topological polar surface area (TPSA) is 12.5 Å². The van der Waals surface area contributed by atoms with E-state index < -0.39 is 0 Å². The molecular weight excluding hydrogens is 114 g/mol. The maximum Gasteiger partial charge on any atom is 0.0702 e. The van der Waals surface area contributed by atoms with Gasteiger partial charge in [0.1, 0.15) is 0 Å². The van der Waals surface area contributed by atoms with Gasteiger partial charge in [-0.3, -0.25) is 0 Å². The van der Waals surface area contributed by atoms with E-state index >= 15 is 0 Å². The Balaban J connectivity index is 2.40. The molecule has 2 unspecified atom stereocenters. The maximum absolute atomic E-state index is 5.39. The summed E-state index contributed by atoms with van der Waals surface area (Å²) in [6, 6.07) is 0.644. The number of likely N-dealkylation sites (N-methyl/N-ethyl adjacent to an activating group) is 1. The third-order valence-corrected chi connectivity index (χ3v) is 2.00. The molecule has 0 N–H and O–H groups in total. The largest absolute Gasteiger partial charge is 0.377 e. The Labute approximate surface area is 56.8 Å². The molecule has 2 heteroatoms. The van der Waals surface area contributed by atoms with Crippen LogP contribution < -0.4 is 0 Å². The fourth-order valence-electron chi connectivity index (χ4n) is 1.40. The van der Waals surface area contributed by atoms with E-state index in [0.717, 1.165) is 6.61 Å². The molecule has 0 radical (unpaired) electrons. The summed E-state index contributed by atoms with van der Waals surface area (Å²) in [6.07, 6.45) is 1.62. The molecule has 2 nitrogen and oxygen atoms in total. The Hall–Kier alpha value is -0.0800. The third-order valence-electron chi connectivity index (χ3n) is 2.00. The number of ether oxygens (including phenoxy) is 1. The Bertz CT molecular complexity index is 92.9. The molecule has 0 aromatic rings. The van der Waals surface area contributed by atoms with Gasteiger partial charge in [-0.1, -0.05) is 0 Å². The highest BCUT2D eigenvalue weighted by Crippen LogP contribution is 2.16.